The zero-order valence-electron chi connectivity index (χ0n) is 23.8. The zero-order valence-corrected chi connectivity index (χ0v) is 23.8. The Morgan fingerprint density at radius 3 is 2.51 bits per heavy atom. The minimum Gasteiger partial charge on any atom is -0.493 e. The van der Waals surface area contributed by atoms with Crippen LogP contribution in [0, 0.1) is 0 Å². The Balaban J connectivity index is 1.54. The molecule has 0 spiro atoms. The number of amides is 2. The summed E-state index contributed by atoms with van der Waals surface area (Å²) in [5, 5.41) is 2.10. The number of rotatable bonds is 11. The van der Waals surface area contributed by atoms with Gasteiger partial charge in [-0.05, 0) is 56.7 Å². The smallest absolute Gasteiger partial charge is 0.410 e. The van der Waals surface area contributed by atoms with Crippen LogP contribution in [-0.2, 0) is 30.3 Å². The molecule has 2 amide bonds. The predicted molar refractivity (Wildman–Crippen MR) is 148 cm³/mol. The van der Waals surface area contributed by atoms with Gasteiger partial charge in [0.05, 0.1) is 32.4 Å². The molecule has 214 valence electrons. The molecular weight excluding hydrogens is 500 g/mol. The highest BCUT2D eigenvalue weighted by Crippen LogP contribution is 2.33. The van der Waals surface area contributed by atoms with Gasteiger partial charge in [0.1, 0.15) is 11.4 Å². The van der Waals surface area contributed by atoms with Crippen LogP contribution in [0.25, 0.3) is 10.8 Å². The number of morpholine rings is 1. The van der Waals surface area contributed by atoms with Crippen LogP contribution in [-0.4, -0.2) is 92.8 Å². The summed E-state index contributed by atoms with van der Waals surface area (Å²) in [7, 11) is 3.26. The van der Waals surface area contributed by atoms with Crippen molar-refractivity contribution in [1.82, 2.24) is 9.80 Å². The third-order valence-corrected chi connectivity index (χ3v) is 6.70. The molecule has 2 atom stereocenters. The minimum absolute atomic E-state index is 0.123. The molecule has 9 nitrogen and oxygen atoms in total. The van der Waals surface area contributed by atoms with Gasteiger partial charge in [0.25, 0.3) is 5.91 Å². The first kappa shape index (κ1) is 29.1. The molecule has 1 aliphatic heterocycles. The van der Waals surface area contributed by atoms with Crippen molar-refractivity contribution in [2.24, 2.45) is 0 Å². The molecule has 0 radical (unpaired) electrons. The van der Waals surface area contributed by atoms with Gasteiger partial charge in [-0.2, -0.15) is 0 Å². The fourth-order valence-corrected chi connectivity index (χ4v) is 4.81. The number of hydrogen-bond acceptors (Lipinski definition) is 7. The third-order valence-electron chi connectivity index (χ3n) is 6.70. The van der Waals surface area contributed by atoms with Gasteiger partial charge in [-0.3, -0.25) is 4.79 Å². The van der Waals surface area contributed by atoms with Gasteiger partial charge in [-0.1, -0.05) is 24.3 Å². The number of fused-ring (bicyclic) bond motifs is 1. The van der Waals surface area contributed by atoms with Crippen LogP contribution >= 0.6 is 0 Å². The SMILES string of the molecule is COCCCOc1cc(CN(C(=O)C2CN(C(=O)OC(C)(C)C)C[C@@H](COC)O2)C2CC2)cc2ccccc12. The lowest BCUT2D eigenvalue weighted by Crippen LogP contribution is -2.57. The molecule has 1 aliphatic carbocycles. The van der Waals surface area contributed by atoms with E-state index in [9.17, 15) is 9.59 Å². The lowest BCUT2D eigenvalue weighted by Gasteiger charge is -2.39. The summed E-state index contributed by atoms with van der Waals surface area (Å²) in [6.45, 7) is 7.83. The number of carbonyl (C=O) groups excluding carboxylic acids is 2. The van der Waals surface area contributed by atoms with Gasteiger partial charge in [-0.25, -0.2) is 4.79 Å². The van der Waals surface area contributed by atoms with Crippen molar-refractivity contribution >= 4 is 22.8 Å². The number of hydrogen-bond donors (Lipinski definition) is 0. The first-order valence-electron chi connectivity index (χ1n) is 13.7. The molecule has 2 aliphatic rings. The van der Waals surface area contributed by atoms with E-state index >= 15 is 0 Å². The van der Waals surface area contributed by atoms with Crippen LogP contribution in [0.5, 0.6) is 5.75 Å². The second-order valence-electron chi connectivity index (χ2n) is 11.3. The Labute approximate surface area is 231 Å². The summed E-state index contributed by atoms with van der Waals surface area (Å²) in [5.74, 6) is 0.676. The van der Waals surface area contributed by atoms with E-state index in [4.69, 9.17) is 23.7 Å². The molecule has 1 saturated carbocycles. The largest absolute Gasteiger partial charge is 0.493 e. The Morgan fingerprint density at radius 2 is 1.82 bits per heavy atom. The maximum Gasteiger partial charge on any atom is 0.410 e. The Morgan fingerprint density at radius 1 is 1.05 bits per heavy atom. The van der Waals surface area contributed by atoms with Gasteiger partial charge in [0.2, 0.25) is 0 Å². The zero-order chi connectivity index (χ0) is 28.0. The lowest BCUT2D eigenvalue weighted by atomic mass is 10.0. The minimum atomic E-state index is -0.794. The van der Waals surface area contributed by atoms with Gasteiger partial charge in [0, 0.05) is 45.2 Å². The summed E-state index contributed by atoms with van der Waals surface area (Å²) in [4.78, 5) is 30.3. The average molecular weight is 543 g/mol. The van der Waals surface area contributed by atoms with E-state index in [1.54, 1.807) is 19.1 Å². The first-order valence-corrected chi connectivity index (χ1v) is 13.7. The highest BCUT2D eigenvalue weighted by atomic mass is 16.6. The van der Waals surface area contributed by atoms with E-state index in [-0.39, 0.29) is 25.1 Å². The Kier molecular flexibility index (Phi) is 9.69. The molecule has 0 N–H and O–H groups in total. The summed E-state index contributed by atoms with van der Waals surface area (Å²) < 4.78 is 28.4. The Bertz CT molecular complexity index is 1130. The predicted octanol–water partition coefficient (Wildman–Crippen LogP) is 4.40. The maximum atomic E-state index is 13.9. The van der Waals surface area contributed by atoms with Crippen molar-refractivity contribution in [3.05, 3.63) is 42.0 Å². The monoisotopic (exact) mass is 542 g/mol. The van der Waals surface area contributed by atoms with Crippen LogP contribution < -0.4 is 4.74 Å². The molecule has 0 aromatic heterocycles. The van der Waals surface area contributed by atoms with Crippen molar-refractivity contribution in [2.45, 2.75) is 70.4 Å². The molecule has 2 aromatic rings. The highest BCUT2D eigenvalue weighted by Gasteiger charge is 2.42. The van der Waals surface area contributed by atoms with Gasteiger partial charge in [0.15, 0.2) is 6.10 Å². The highest BCUT2D eigenvalue weighted by molar-refractivity contribution is 5.89. The van der Waals surface area contributed by atoms with E-state index in [0.717, 1.165) is 41.3 Å². The standard InChI is InChI=1S/C30H42N2O7/c1-30(2,3)39-29(34)31-18-24(20-36-5)38-27(19-31)28(33)32(23-11-12-23)17-21-15-22-9-6-7-10-25(22)26(16-21)37-14-8-13-35-4/h6-7,9-10,15-16,23-24,27H,8,11-14,17-20H2,1-5H3/t24-,27?/m0/s1. The van der Waals surface area contributed by atoms with Gasteiger partial charge >= 0.3 is 6.09 Å². The Hall–Kier alpha value is -2.88. The fraction of sp³-hybridized carbons (Fsp3) is 0.600. The molecule has 4 rings (SSSR count). The third kappa shape index (κ3) is 8.06. The van der Waals surface area contributed by atoms with Gasteiger partial charge in [-0.15, -0.1) is 0 Å². The van der Waals surface area contributed by atoms with E-state index < -0.39 is 23.9 Å². The van der Waals surface area contributed by atoms with Gasteiger partial charge < -0.3 is 33.5 Å². The van der Waals surface area contributed by atoms with E-state index in [1.165, 1.54) is 0 Å². The second-order valence-corrected chi connectivity index (χ2v) is 11.3. The molecular formula is C30H42N2O7. The van der Waals surface area contributed by atoms with Crippen molar-refractivity contribution in [1.29, 1.82) is 0 Å². The number of nitrogens with zero attached hydrogens (tertiary/aromatic N) is 2. The normalized spacial score (nSPS) is 19.7. The average Bonchev–Trinajstić information content (AvgIpc) is 3.74. The molecule has 1 saturated heterocycles. The van der Waals surface area contributed by atoms with Crippen LogP contribution in [0.4, 0.5) is 4.79 Å². The summed E-state index contributed by atoms with van der Waals surface area (Å²) >= 11 is 0. The fourth-order valence-electron chi connectivity index (χ4n) is 4.81. The van der Waals surface area contributed by atoms with Crippen molar-refractivity contribution in [3.63, 3.8) is 0 Å². The second kappa shape index (κ2) is 13.0. The topological polar surface area (TPSA) is 86.8 Å². The molecule has 0 bridgehead atoms. The number of ether oxygens (including phenoxy) is 5. The summed E-state index contributed by atoms with van der Waals surface area (Å²) in [6, 6.07) is 12.4. The summed E-state index contributed by atoms with van der Waals surface area (Å²) in [5.41, 5.74) is 0.356. The molecule has 1 heterocycles. The number of carbonyl (C=O) groups is 2. The molecule has 1 unspecified atom stereocenters. The van der Waals surface area contributed by atoms with Crippen molar-refractivity contribution in [2.75, 3.05) is 47.1 Å². The van der Waals surface area contributed by atoms with Crippen LogP contribution in [0.1, 0.15) is 45.6 Å². The molecule has 2 aromatic carbocycles. The lowest BCUT2D eigenvalue weighted by molar-refractivity contribution is -0.161. The molecule has 2 fully saturated rings. The van der Waals surface area contributed by atoms with Crippen molar-refractivity contribution < 1.29 is 33.3 Å². The van der Waals surface area contributed by atoms with E-state index in [0.29, 0.717) is 26.3 Å². The van der Waals surface area contributed by atoms with Crippen LogP contribution in [0.3, 0.4) is 0 Å². The van der Waals surface area contributed by atoms with Crippen molar-refractivity contribution in [3.8, 4) is 5.75 Å². The number of benzene rings is 2. The maximum absolute atomic E-state index is 13.9. The first-order chi connectivity index (χ1) is 18.7. The van der Waals surface area contributed by atoms with Crippen LogP contribution in [0.15, 0.2) is 36.4 Å². The van der Waals surface area contributed by atoms with E-state index in [1.807, 2.05) is 49.9 Å². The quantitative estimate of drug-likeness (QED) is 0.389. The summed E-state index contributed by atoms with van der Waals surface area (Å²) in [6.07, 6.45) is 1.02. The van der Waals surface area contributed by atoms with E-state index in [2.05, 4.69) is 12.1 Å². The van der Waals surface area contributed by atoms with Crippen LogP contribution in [0.2, 0.25) is 0 Å². The number of methoxy groups -OCH3 is 2. The molecule has 39 heavy (non-hydrogen) atoms. The molecule has 9 heteroatoms.